The number of nitro groups is 1. The van der Waals surface area contributed by atoms with Crippen molar-refractivity contribution in [3.05, 3.63) is 99.4 Å². The van der Waals surface area contributed by atoms with Crippen molar-refractivity contribution in [1.82, 2.24) is 5.43 Å². The van der Waals surface area contributed by atoms with E-state index in [1.165, 1.54) is 37.6 Å². The highest BCUT2D eigenvalue weighted by molar-refractivity contribution is 5.84. The summed E-state index contributed by atoms with van der Waals surface area (Å²) in [7, 11) is 1.47. The molecule has 1 N–H and O–H groups in total. The van der Waals surface area contributed by atoms with Crippen LogP contribution in [-0.2, 0) is 17.8 Å². The second-order valence-corrected chi connectivity index (χ2v) is 6.65. The van der Waals surface area contributed by atoms with Gasteiger partial charge in [0.2, 0.25) is 5.91 Å². The molecule has 1 amide bonds. The molecule has 32 heavy (non-hydrogen) atoms. The smallest absolute Gasteiger partial charge is 0.273 e. The number of ether oxygens (including phenoxy) is 2. The van der Waals surface area contributed by atoms with Gasteiger partial charge in [0.15, 0.2) is 11.5 Å². The van der Waals surface area contributed by atoms with Gasteiger partial charge in [-0.05, 0) is 29.8 Å². The number of nitrogens with one attached hydrogen (secondary N) is 1. The normalized spacial score (nSPS) is 10.7. The van der Waals surface area contributed by atoms with Gasteiger partial charge in [0.1, 0.15) is 12.4 Å². The van der Waals surface area contributed by atoms with Crippen molar-refractivity contribution in [2.24, 2.45) is 5.10 Å². The van der Waals surface area contributed by atoms with Crippen LogP contribution in [0.15, 0.2) is 71.8 Å². The van der Waals surface area contributed by atoms with E-state index < -0.39 is 10.8 Å². The minimum atomic E-state index is -0.534. The summed E-state index contributed by atoms with van der Waals surface area (Å²) in [5.41, 5.74) is 3.55. The van der Waals surface area contributed by atoms with Crippen molar-refractivity contribution in [2.75, 3.05) is 7.11 Å². The summed E-state index contributed by atoms with van der Waals surface area (Å²) in [5, 5.41) is 14.9. The average molecular weight is 437 g/mol. The molecular formula is C23H20FN3O5. The average Bonchev–Trinajstić information content (AvgIpc) is 2.79. The molecular weight excluding hydrogens is 417 g/mol. The number of benzene rings is 3. The Morgan fingerprint density at radius 2 is 1.81 bits per heavy atom. The van der Waals surface area contributed by atoms with Gasteiger partial charge in [-0.3, -0.25) is 14.9 Å². The Labute approximate surface area is 183 Å². The Hall–Kier alpha value is -4.27. The minimum Gasteiger partial charge on any atom is -0.493 e. The fourth-order valence-corrected chi connectivity index (χ4v) is 2.88. The SMILES string of the molecule is COc1cc(C=NNC(=O)Cc2ccccc2[N+](=O)[O-])ccc1OCc1ccccc1F. The van der Waals surface area contributed by atoms with Gasteiger partial charge in [0, 0.05) is 17.2 Å². The molecule has 0 aromatic heterocycles. The number of carbonyl (C=O) groups is 1. The van der Waals surface area contributed by atoms with E-state index in [1.807, 2.05) is 0 Å². The summed E-state index contributed by atoms with van der Waals surface area (Å²) < 4.78 is 24.7. The lowest BCUT2D eigenvalue weighted by atomic mass is 10.1. The molecule has 0 unspecified atom stereocenters. The van der Waals surface area contributed by atoms with Crippen molar-refractivity contribution in [3.63, 3.8) is 0 Å². The van der Waals surface area contributed by atoms with E-state index in [2.05, 4.69) is 10.5 Å². The van der Waals surface area contributed by atoms with Crippen LogP contribution >= 0.6 is 0 Å². The third-order valence-corrected chi connectivity index (χ3v) is 4.47. The predicted octanol–water partition coefficient (Wildman–Crippen LogP) is 4.01. The van der Waals surface area contributed by atoms with Crippen LogP contribution in [0, 0.1) is 15.9 Å². The van der Waals surface area contributed by atoms with Crippen LogP contribution in [0.4, 0.5) is 10.1 Å². The lowest BCUT2D eigenvalue weighted by Crippen LogP contribution is -2.20. The molecule has 8 nitrogen and oxygen atoms in total. The number of para-hydroxylation sites is 1. The van der Waals surface area contributed by atoms with Gasteiger partial charge in [-0.25, -0.2) is 9.82 Å². The minimum absolute atomic E-state index is 0.0398. The zero-order valence-corrected chi connectivity index (χ0v) is 17.2. The van der Waals surface area contributed by atoms with E-state index in [0.717, 1.165) is 0 Å². The molecule has 0 saturated heterocycles. The molecule has 3 aromatic carbocycles. The molecule has 3 rings (SSSR count). The van der Waals surface area contributed by atoms with Crippen molar-refractivity contribution in [3.8, 4) is 11.5 Å². The topological polar surface area (TPSA) is 103 Å². The second-order valence-electron chi connectivity index (χ2n) is 6.65. The first-order chi connectivity index (χ1) is 15.5. The first kappa shape index (κ1) is 22.4. The van der Waals surface area contributed by atoms with Crippen molar-refractivity contribution in [2.45, 2.75) is 13.0 Å². The van der Waals surface area contributed by atoms with E-state index in [1.54, 1.807) is 42.5 Å². The van der Waals surface area contributed by atoms with Crippen LogP contribution in [0.5, 0.6) is 11.5 Å². The number of amides is 1. The number of nitro benzene ring substituents is 1. The quantitative estimate of drug-likeness (QED) is 0.309. The number of hydrazone groups is 1. The van der Waals surface area contributed by atoms with Crippen LogP contribution in [0.3, 0.4) is 0 Å². The maximum atomic E-state index is 13.7. The van der Waals surface area contributed by atoms with Crippen molar-refractivity contribution >= 4 is 17.8 Å². The number of methoxy groups -OCH3 is 1. The van der Waals surface area contributed by atoms with E-state index in [4.69, 9.17) is 9.47 Å². The molecule has 3 aromatic rings. The first-order valence-corrected chi connectivity index (χ1v) is 9.56. The largest absolute Gasteiger partial charge is 0.493 e. The first-order valence-electron chi connectivity index (χ1n) is 9.56. The number of rotatable bonds is 9. The van der Waals surface area contributed by atoms with Crippen LogP contribution in [0.25, 0.3) is 0 Å². The van der Waals surface area contributed by atoms with E-state index in [0.29, 0.717) is 28.2 Å². The Balaban J connectivity index is 1.60. The standard InChI is InChI=1S/C23H20FN3O5/c1-31-22-12-16(10-11-21(22)32-15-18-7-2-4-8-19(18)24)14-25-26-23(28)13-17-6-3-5-9-20(17)27(29)30/h2-12,14H,13,15H2,1H3,(H,26,28). The van der Waals surface area contributed by atoms with Gasteiger partial charge in [0.25, 0.3) is 5.69 Å². The van der Waals surface area contributed by atoms with Gasteiger partial charge in [-0.1, -0.05) is 36.4 Å². The second kappa shape index (κ2) is 10.7. The van der Waals surface area contributed by atoms with Crippen molar-refractivity contribution < 1.29 is 23.6 Å². The lowest BCUT2D eigenvalue weighted by Gasteiger charge is -2.11. The fraction of sp³-hybridized carbons (Fsp3) is 0.130. The van der Waals surface area contributed by atoms with Gasteiger partial charge < -0.3 is 9.47 Å². The Morgan fingerprint density at radius 3 is 2.53 bits per heavy atom. The highest BCUT2D eigenvalue weighted by Crippen LogP contribution is 2.28. The molecule has 0 saturated carbocycles. The van der Waals surface area contributed by atoms with E-state index >= 15 is 0 Å². The molecule has 0 spiro atoms. The summed E-state index contributed by atoms with van der Waals surface area (Å²) in [6.45, 7) is 0.0398. The van der Waals surface area contributed by atoms with Gasteiger partial charge in [-0.2, -0.15) is 5.10 Å². The highest BCUT2D eigenvalue weighted by atomic mass is 19.1. The molecule has 0 atom stereocenters. The molecule has 0 aliphatic heterocycles. The number of halogens is 1. The summed E-state index contributed by atoms with van der Waals surface area (Å²) in [6.07, 6.45) is 1.22. The molecule has 9 heteroatoms. The third-order valence-electron chi connectivity index (χ3n) is 4.47. The summed E-state index contributed by atoms with van der Waals surface area (Å²) in [6, 6.07) is 17.3. The monoisotopic (exact) mass is 437 g/mol. The highest BCUT2D eigenvalue weighted by Gasteiger charge is 2.15. The zero-order chi connectivity index (χ0) is 22.9. The van der Waals surface area contributed by atoms with Gasteiger partial charge in [-0.15, -0.1) is 0 Å². The maximum absolute atomic E-state index is 13.7. The van der Waals surface area contributed by atoms with E-state index in [-0.39, 0.29) is 24.5 Å². The molecule has 0 bridgehead atoms. The van der Waals surface area contributed by atoms with Crippen LogP contribution in [-0.4, -0.2) is 24.2 Å². The Kier molecular flexibility index (Phi) is 7.47. The lowest BCUT2D eigenvalue weighted by molar-refractivity contribution is -0.385. The van der Waals surface area contributed by atoms with Gasteiger partial charge >= 0.3 is 0 Å². The summed E-state index contributed by atoms with van der Waals surface area (Å²) >= 11 is 0. The zero-order valence-electron chi connectivity index (χ0n) is 17.2. The molecule has 0 radical (unpaired) electrons. The third kappa shape index (κ3) is 5.88. The predicted molar refractivity (Wildman–Crippen MR) is 116 cm³/mol. The number of hydrogen-bond acceptors (Lipinski definition) is 6. The summed E-state index contributed by atoms with van der Waals surface area (Å²) in [4.78, 5) is 22.6. The fourth-order valence-electron chi connectivity index (χ4n) is 2.88. The molecule has 0 aliphatic carbocycles. The van der Waals surface area contributed by atoms with Crippen LogP contribution in [0.1, 0.15) is 16.7 Å². The molecule has 164 valence electrons. The Morgan fingerprint density at radius 1 is 1.09 bits per heavy atom. The maximum Gasteiger partial charge on any atom is 0.273 e. The van der Waals surface area contributed by atoms with Crippen LogP contribution in [0.2, 0.25) is 0 Å². The van der Waals surface area contributed by atoms with E-state index in [9.17, 15) is 19.3 Å². The molecule has 0 fully saturated rings. The number of hydrogen-bond donors (Lipinski definition) is 1. The Bertz CT molecular complexity index is 1150. The van der Waals surface area contributed by atoms with Gasteiger partial charge in [0.05, 0.1) is 24.7 Å². The molecule has 0 aliphatic rings. The van der Waals surface area contributed by atoms with Crippen LogP contribution < -0.4 is 14.9 Å². The summed E-state index contributed by atoms with van der Waals surface area (Å²) in [5.74, 6) is -0.0102. The molecule has 0 heterocycles. The van der Waals surface area contributed by atoms with Crippen molar-refractivity contribution in [1.29, 1.82) is 0 Å². The number of nitrogens with zero attached hydrogens (tertiary/aromatic N) is 2. The number of carbonyl (C=O) groups excluding carboxylic acids is 1.